The number of nitrogens with zero attached hydrogens (tertiary/aromatic N) is 5. The van der Waals surface area contributed by atoms with Crippen LogP contribution in [-0.2, 0) is 10.0 Å². The highest BCUT2D eigenvalue weighted by atomic mass is 32.2. The van der Waals surface area contributed by atoms with E-state index in [2.05, 4.69) is 44.0 Å². The number of aryl methyl sites for hydroxylation is 1. The smallest absolute Gasteiger partial charge is 0.266 e. The maximum absolute atomic E-state index is 13.2. The van der Waals surface area contributed by atoms with Crippen LogP contribution >= 0.6 is 0 Å². The quantitative estimate of drug-likeness (QED) is 0.609. The van der Waals surface area contributed by atoms with E-state index in [0.29, 0.717) is 23.1 Å². The molecule has 1 aliphatic heterocycles. The van der Waals surface area contributed by atoms with Crippen molar-refractivity contribution < 1.29 is 12.8 Å². The third-order valence-electron chi connectivity index (χ3n) is 5.90. The monoisotopic (exact) mass is 445 g/mol. The molecule has 0 unspecified atom stereocenters. The molecule has 0 amide bonds. The van der Waals surface area contributed by atoms with E-state index in [9.17, 15) is 8.42 Å². The van der Waals surface area contributed by atoms with Crippen molar-refractivity contribution in [2.75, 3.05) is 18.0 Å². The average molecular weight is 446 g/mol. The predicted octanol–water partition coefficient (Wildman–Crippen LogP) is 1.71. The largest absolute Gasteiger partial charge is 0.420 e. The Hall–Kier alpha value is -2.50. The van der Waals surface area contributed by atoms with Gasteiger partial charge < -0.3 is 14.6 Å². The predicted molar refractivity (Wildman–Crippen MR) is 115 cm³/mol. The van der Waals surface area contributed by atoms with Crippen LogP contribution < -0.4 is 14.9 Å². The highest BCUT2D eigenvalue weighted by Gasteiger charge is 2.41. The van der Waals surface area contributed by atoms with Gasteiger partial charge in [0.1, 0.15) is 10.6 Å². The van der Waals surface area contributed by atoms with Crippen LogP contribution in [0.5, 0.6) is 0 Å². The van der Waals surface area contributed by atoms with Crippen molar-refractivity contribution >= 4 is 21.4 Å². The Morgan fingerprint density at radius 3 is 2.55 bits per heavy atom. The molecule has 4 heterocycles. The van der Waals surface area contributed by atoms with E-state index < -0.39 is 10.0 Å². The van der Waals surface area contributed by atoms with Crippen molar-refractivity contribution in [3.05, 3.63) is 24.4 Å². The number of anilines is 1. The summed E-state index contributed by atoms with van der Waals surface area (Å²) < 4.78 is 36.7. The zero-order valence-corrected chi connectivity index (χ0v) is 18.9. The molecule has 5 rings (SSSR count). The molecule has 31 heavy (non-hydrogen) atoms. The summed E-state index contributed by atoms with van der Waals surface area (Å²) in [4.78, 5) is 6.98. The highest BCUT2D eigenvalue weighted by molar-refractivity contribution is 7.89. The summed E-state index contributed by atoms with van der Waals surface area (Å²) in [6, 6.07) is 2.26. The van der Waals surface area contributed by atoms with Gasteiger partial charge in [0.15, 0.2) is 5.65 Å². The van der Waals surface area contributed by atoms with Gasteiger partial charge in [0.05, 0.1) is 11.9 Å². The molecule has 3 aromatic heterocycles. The molecule has 2 N–H and O–H groups in total. The summed E-state index contributed by atoms with van der Waals surface area (Å²) in [6.07, 6.45) is 4.91. The van der Waals surface area contributed by atoms with Gasteiger partial charge in [-0.15, -0.1) is 10.2 Å². The normalized spacial score (nSPS) is 23.4. The number of pyridine rings is 1. The molecule has 10 nitrogen and oxygen atoms in total. The number of aromatic nitrogens is 4. The maximum Gasteiger partial charge on any atom is 0.266 e. The lowest BCUT2D eigenvalue weighted by Gasteiger charge is -2.37. The SMILES string of the molecule is Cc1nnc(-c2cnc3c(N4C[C@H](C)N[C@@H](C)C4)cc(S(=O)(=O)NC4(C)CC4)cn23)o1. The molecule has 11 heteroatoms. The first-order valence-electron chi connectivity index (χ1n) is 10.5. The minimum Gasteiger partial charge on any atom is -0.420 e. The molecular weight excluding hydrogens is 418 g/mol. The van der Waals surface area contributed by atoms with Gasteiger partial charge in [-0.3, -0.25) is 4.40 Å². The van der Waals surface area contributed by atoms with E-state index in [1.165, 1.54) is 0 Å². The van der Waals surface area contributed by atoms with E-state index in [1.54, 1.807) is 29.8 Å². The number of hydrogen-bond donors (Lipinski definition) is 2. The lowest BCUT2D eigenvalue weighted by Crippen LogP contribution is -2.54. The van der Waals surface area contributed by atoms with Gasteiger partial charge in [0.25, 0.3) is 5.89 Å². The average Bonchev–Trinajstić information content (AvgIpc) is 3.07. The topological polar surface area (TPSA) is 118 Å². The second-order valence-electron chi connectivity index (χ2n) is 9.06. The van der Waals surface area contributed by atoms with Crippen LogP contribution in [0.1, 0.15) is 39.5 Å². The molecule has 0 aromatic carbocycles. The molecular formula is C20H27N7O3S. The minimum atomic E-state index is -3.71. The molecule has 2 aliphatic rings. The second kappa shape index (κ2) is 7.01. The number of hydrogen-bond acceptors (Lipinski definition) is 8. The third-order valence-corrected chi connectivity index (χ3v) is 7.50. The summed E-state index contributed by atoms with van der Waals surface area (Å²) in [6.45, 7) is 9.37. The molecule has 1 aliphatic carbocycles. The third kappa shape index (κ3) is 3.81. The fourth-order valence-corrected chi connectivity index (χ4v) is 5.66. The first-order valence-corrected chi connectivity index (χ1v) is 12.0. The van der Waals surface area contributed by atoms with Crippen LogP contribution in [0, 0.1) is 6.92 Å². The van der Waals surface area contributed by atoms with Crippen molar-refractivity contribution in [2.24, 2.45) is 0 Å². The van der Waals surface area contributed by atoms with Crippen LogP contribution in [0.4, 0.5) is 5.69 Å². The zero-order valence-electron chi connectivity index (χ0n) is 18.1. The van der Waals surface area contributed by atoms with Gasteiger partial charge in [-0.2, -0.15) is 0 Å². The van der Waals surface area contributed by atoms with Gasteiger partial charge in [0.2, 0.25) is 15.9 Å². The fraction of sp³-hybridized carbons (Fsp3) is 0.550. The van der Waals surface area contributed by atoms with Gasteiger partial charge in [-0.1, -0.05) is 0 Å². The van der Waals surface area contributed by atoms with Crippen LogP contribution in [0.2, 0.25) is 0 Å². The molecule has 1 saturated heterocycles. The Morgan fingerprint density at radius 2 is 1.94 bits per heavy atom. The number of rotatable bonds is 5. The van der Waals surface area contributed by atoms with Crippen molar-refractivity contribution in [1.29, 1.82) is 0 Å². The van der Waals surface area contributed by atoms with Crippen LogP contribution in [-0.4, -0.2) is 58.7 Å². The number of sulfonamides is 1. The first kappa shape index (κ1) is 20.4. The van der Waals surface area contributed by atoms with Gasteiger partial charge in [0, 0.05) is 43.8 Å². The van der Waals surface area contributed by atoms with Crippen molar-refractivity contribution in [3.8, 4) is 11.6 Å². The van der Waals surface area contributed by atoms with E-state index >= 15 is 0 Å². The van der Waals surface area contributed by atoms with E-state index in [4.69, 9.17) is 4.42 Å². The van der Waals surface area contributed by atoms with E-state index in [-0.39, 0.29) is 22.5 Å². The first-order chi connectivity index (χ1) is 14.6. The summed E-state index contributed by atoms with van der Waals surface area (Å²) in [7, 11) is -3.71. The van der Waals surface area contributed by atoms with E-state index in [0.717, 1.165) is 31.6 Å². The van der Waals surface area contributed by atoms with Gasteiger partial charge in [-0.05, 0) is 39.7 Å². The lowest BCUT2D eigenvalue weighted by atomic mass is 10.1. The zero-order chi connectivity index (χ0) is 22.0. The molecule has 0 spiro atoms. The molecule has 166 valence electrons. The van der Waals surface area contributed by atoms with Crippen molar-refractivity contribution in [3.63, 3.8) is 0 Å². The Labute approximate surface area is 181 Å². The lowest BCUT2D eigenvalue weighted by molar-refractivity contribution is 0.407. The van der Waals surface area contributed by atoms with E-state index in [1.807, 2.05) is 6.92 Å². The van der Waals surface area contributed by atoms with Crippen LogP contribution in [0.3, 0.4) is 0 Å². The molecule has 0 radical (unpaired) electrons. The number of imidazole rings is 1. The summed E-state index contributed by atoms with van der Waals surface area (Å²) in [5.41, 5.74) is 1.62. The summed E-state index contributed by atoms with van der Waals surface area (Å²) >= 11 is 0. The fourth-order valence-electron chi connectivity index (χ4n) is 4.18. The number of fused-ring (bicyclic) bond motifs is 1. The van der Waals surface area contributed by atoms with Crippen LogP contribution in [0.25, 0.3) is 17.2 Å². The number of nitrogens with one attached hydrogen (secondary N) is 2. The minimum absolute atomic E-state index is 0.192. The molecule has 2 atom stereocenters. The number of piperazine rings is 1. The summed E-state index contributed by atoms with van der Waals surface area (Å²) in [5, 5.41) is 11.5. The Kier molecular flexibility index (Phi) is 4.61. The molecule has 1 saturated carbocycles. The van der Waals surface area contributed by atoms with Crippen molar-refractivity contribution in [2.45, 2.75) is 63.1 Å². The molecule has 3 aromatic rings. The Balaban J connectivity index is 1.68. The Morgan fingerprint density at radius 1 is 1.23 bits per heavy atom. The standard InChI is InChI=1S/C20H27N7O3S/c1-12-9-26(10-13(2)22-12)16-7-15(31(28,29)25-20(4)5-6-20)11-27-17(8-21-18(16)27)19-24-23-14(3)30-19/h7-8,11-13,22,25H,5-6,9-10H2,1-4H3/t12-,13-/m0/s1. The molecule has 0 bridgehead atoms. The van der Waals surface area contributed by atoms with Crippen molar-refractivity contribution in [1.82, 2.24) is 29.6 Å². The molecule has 2 fully saturated rings. The summed E-state index contributed by atoms with van der Waals surface area (Å²) in [5.74, 6) is 0.733. The van der Waals surface area contributed by atoms with Gasteiger partial charge in [-0.25, -0.2) is 18.1 Å². The Bertz CT molecular complexity index is 1230. The van der Waals surface area contributed by atoms with Gasteiger partial charge >= 0.3 is 0 Å². The maximum atomic E-state index is 13.2. The highest BCUT2D eigenvalue weighted by Crippen LogP contribution is 2.37. The second-order valence-corrected chi connectivity index (χ2v) is 10.7. The van der Waals surface area contributed by atoms with Crippen LogP contribution in [0.15, 0.2) is 27.8 Å².